The number of nitrogen functional groups attached to an aromatic ring is 1. The molecule has 0 spiro atoms. The van der Waals surface area contributed by atoms with Crippen LogP contribution in [0.1, 0.15) is 5.56 Å². The first-order valence-electron chi connectivity index (χ1n) is 4.99. The van der Waals surface area contributed by atoms with Crippen LogP contribution in [-0.4, -0.2) is 22.7 Å². The second-order valence-corrected chi connectivity index (χ2v) is 3.60. The van der Waals surface area contributed by atoms with E-state index in [0.717, 1.165) is 16.5 Å². The Kier molecular flexibility index (Phi) is 2.68. The number of nitrogens with one attached hydrogen (secondary N) is 2. The summed E-state index contributed by atoms with van der Waals surface area (Å²) in [4.78, 5) is 13.4. The first-order valence-corrected chi connectivity index (χ1v) is 4.99. The lowest BCUT2D eigenvalue weighted by molar-refractivity contribution is 0.194. The molecule has 2 aromatic rings. The van der Waals surface area contributed by atoms with Crippen LogP contribution in [0.15, 0.2) is 24.4 Å². The summed E-state index contributed by atoms with van der Waals surface area (Å²) >= 11 is 0. The molecular formula is C11H13N3O2. The van der Waals surface area contributed by atoms with Crippen LogP contribution >= 0.6 is 0 Å². The topological polar surface area (TPSA) is 91.1 Å². The number of aromatic amines is 1. The average Bonchev–Trinajstić information content (AvgIpc) is 2.60. The Labute approximate surface area is 92.3 Å². The lowest BCUT2D eigenvalue weighted by Crippen LogP contribution is -2.23. The Morgan fingerprint density at radius 3 is 3.06 bits per heavy atom. The van der Waals surface area contributed by atoms with E-state index in [2.05, 4.69) is 10.3 Å². The van der Waals surface area contributed by atoms with E-state index < -0.39 is 6.09 Å². The van der Waals surface area contributed by atoms with Gasteiger partial charge in [-0.15, -0.1) is 0 Å². The Balaban J connectivity index is 2.15. The van der Waals surface area contributed by atoms with Crippen molar-refractivity contribution in [2.75, 3.05) is 12.3 Å². The lowest BCUT2D eigenvalue weighted by atomic mass is 10.1. The zero-order chi connectivity index (χ0) is 11.5. The Bertz CT molecular complexity index is 519. The summed E-state index contributed by atoms with van der Waals surface area (Å²) in [6.45, 7) is 0.409. The third kappa shape index (κ3) is 2.08. The van der Waals surface area contributed by atoms with Gasteiger partial charge < -0.3 is 21.1 Å². The predicted molar refractivity (Wildman–Crippen MR) is 62.4 cm³/mol. The maximum absolute atomic E-state index is 10.3. The van der Waals surface area contributed by atoms with Crippen LogP contribution in [-0.2, 0) is 6.42 Å². The summed E-state index contributed by atoms with van der Waals surface area (Å²) in [6, 6.07) is 5.64. The number of hydrogen-bond donors (Lipinski definition) is 4. The van der Waals surface area contributed by atoms with Gasteiger partial charge >= 0.3 is 6.09 Å². The first-order chi connectivity index (χ1) is 7.66. The highest BCUT2D eigenvalue weighted by atomic mass is 16.4. The van der Waals surface area contributed by atoms with Crippen LogP contribution in [0.3, 0.4) is 0 Å². The van der Waals surface area contributed by atoms with Crippen molar-refractivity contribution in [1.29, 1.82) is 0 Å². The number of rotatable bonds is 3. The van der Waals surface area contributed by atoms with Gasteiger partial charge in [-0.1, -0.05) is 6.07 Å². The molecule has 5 N–H and O–H groups in total. The maximum Gasteiger partial charge on any atom is 0.404 e. The van der Waals surface area contributed by atoms with Gasteiger partial charge in [-0.05, 0) is 24.1 Å². The number of H-pyrrole nitrogens is 1. The standard InChI is InChI=1S/C11H13N3O2/c12-8-1-2-9-7(3-4-13-11(15)16)6-14-10(9)5-8/h1-2,5-6,13-14H,3-4,12H2,(H,15,16). The fourth-order valence-electron chi connectivity index (χ4n) is 1.71. The molecular weight excluding hydrogens is 206 g/mol. The summed E-state index contributed by atoms with van der Waals surface area (Å²) in [6.07, 6.45) is 1.55. The molecule has 5 nitrogen and oxygen atoms in total. The van der Waals surface area contributed by atoms with Crippen LogP contribution in [0.2, 0.25) is 0 Å². The Morgan fingerprint density at radius 2 is 2.31 bits per heavy atom. The zero-order valence-corrected chi connectivity index (χ0v) is 8.66. The Morgan fingerprint density at radius 1 is 1.50 bits per heavy atom. The zero-order valence-electron chi connectivity index (χ0n) is 8.66. The molecule has 0 fully saturated rings. The van der Waals surface area contributed by atoms with E-state index in [0.29, 0.717) is 18.7 Å². The minimum atomic E-state index is -0.996. The van der Waals surface area contributed by atoms with Crippen molar-refractivity contribution in [3.05, 3.63) is 30.0 Å². The van der Waals surface area contributed by atoms with Crippen molar-refractivity contribution >= 4 is 22.7 Å². The van der Waals surface area contributed by atoms with E-state index in [-0.39, 0.29) is 0 Å². The van der Waals surface area contributed by atoms with Gasteiger partial charge in [0.2, 0.25) is 0 Å². The maximum atomic E-state index is 10.3. The molecule has 0 radical (unpaired) electrons. The summed E-state index contributed by atoms with van der Waals surface area (Å²) in [5.41, 5.74) is 8.44. The van der Waals surface area contributed by atoms with E-state index in [1.807, 2.05) is 24.4 Å². The average molecular weight is 219 g/mol. The van der Waals surface area contributed by atoms with Crippen molar-refractivity contribution in [3.63, 3.8) is 0 Å². The van der Waals surface area contributed by atoms with Crippen molar-refractivity contribution in [2.24, 2.45) is 0 Å². The number of carbonyl (C=O) groups is 1. The van der Waals surface area contributed by atoms with E-state index >= 15 is 0 Å². The fourth-order valence-corrected chi connectivity index (χ4v) is 1.71. The molecule has 0 saturated heterocycles. The molecule has 1 amide bonds. The predicted octanol–water partition coefficient (Wildman–Crippen LogP) is 1.56. The molecule has 0 atom stereocenters. The van der Waals surface area contributed by atoms with Crippen LogP contribution in [0, 0.1) is 0 Å². The molecule has 0 aliphatic heterocycles. The van der Waals surface area contributed by atoms with Crippen molar-refractivity contribution in [3.8, 4) is 0 Å². The molecule has 0 saturated carbocycles. The minimum Gasteiger partial charge on any atom is -0.465 e. The molecule has 0 bridgehead atoms. The monoisotopic (exact) mass is 219 g/mol. The van der Waals surface area contributed by atoms with Crippen LogP contribution in [0.4, 0.5) is 10.5 Å². The highest BCUT2D eigenvalue weighted by Crippen LogP contribution is 2.20. The molecule has 1 aromatic carbocycles. The van der Waals surface area contributed by atoms with E-state index in [1.54, 1.807) is 0 Å². The first kappa shape index (κ1) is 10.4. The SMILES string of the molecule is Nc1ccc2c(CCNC(=O)O)c[nH]c2c1. The number of amides is 1. The van der Waals surface area contributed by atoms with E-state index in [4.69, 9.17) is 10.8 Å². The summed E-state index contributed by atoms with van der Waals surface area (Å²) < 4.78 is 0. The van der Waals surface area contributed by atoms with Gasteiger partial charge in [-0.25, -0.2) is 4.79 Å². The van der Waals surface area contributed by atoms with E-state index in [1.165, 1.54) is 0 Å². The lowest BCUT2D eigenvalue weighted by Gasteiger charge is -2.00. The second kappa shape index (κ2) is 4.14. The molecule has 0 unspecified atom stereocenters. The normalized spacial score (nSPS) is 10.5. The summed E-state index contributed by atoms with van der Waals surface area (Å²) in [5.74, 6) is 0. The minimum absolute atomic E-state index is 0.409. The van der Waals surface area contributed by atoms with Gasteiger partial charge in [0.1, 0.15) is 0 Å². The van der Waals surface area contributed by atoms with Gasteiger partial charge in [0.05, 0.1) is 0 Å². The molecule has 1 aromatic heterocycles. The third-order valence-corrected chi connectivity index (χ3v) is 2.46. The Hall–Kier alpha value is -2.17. The number of nitrogens with two attached hydrogens (primary N) is 1. The van der Waals surface area contributed by atoms with E-state index in [9.17, 15) is 4.79 Å². The molecule has 0 aliphatic rings. The van der Waals surface area contributed by atoms with Gasteiger partial charge in [0, 0.05) is 29.3 Å². The number of hydrogen-bond acceptors (Lipinski definition) is 2. The molecule has 5 heteroatoms. The number of anilines is 1. The number of aromatic nitrogens is 1. The van der Waals surface area contributed by atoms with Crippen molar-refractivity contribution < 1.29 is 9.90 Å². The quantitative estimate of drug-likeness (QED) is 0.590. The number of benzene rings is 1. The number of carboxylic acid groups (broad SMARTS) is 1. The van der Waals surface area contributed by atoms with Crippen LogP contribution < -0.4 is 11.1 Å². The molecule has 2 rings (SSSR count). The summed E-state index contributed by atoms with van der Waals surface area (Å²) in [5, 5.41) is 11.9. The highest BCUT2D eigenvalue weighted by molar-refractivity contribution is 5.85. The second-order valence-electron chi connectivity index (χ2n) is 3.60. The third-order valence-electron chi connectivity index (χ3n) is 2.46. The van der Waals surface area contributed by atoms with Crippen LogP contribution in [0.5, 0.6) is 0 Å². The smallest absolute Gasteiger partial charge is 0.404 e. The van der Waals surface area contributed by atoms with Gasteiger partial charge in [-0.3, -0.25) is 0 Å². The van der Waals surface area contributed by atoms with Crippen LogP contribution in [0.25, 0.3) is 10.9 Å². The summed E-state index contributed by atoms with van der Waals surface area (Å²) in [7, 11) is 0. The van der Waals surface area contributed by atoms with Gasteiger partial charge in [-0.2, -0.15) is 0 Å². The fraction of sp³-hybridized carbons (Fsp3) is 0.182. The largest absolute Gasteiger partial charge is 0.465 e. The molecule has 0 aliphatic carbocycles. The van der Waals surface area contributed by atoms with Crippen molar-refractivity contribution in [1.82, 2.24) is 10.3 Å². The van der Waals surface area contributed by atoms with Gasteiger partial charge in [0.25, 0.3) is 0 Å². The molecule has 84 valence electrons. The number of fused-ring (bicyclic) bond motifs is 1. The van der Waals surface area contributed by atoms with Gasteiger partial charge in [0.15, 0.2) is 0 Å². The van der Waals surface area contributed by atoms with Crippen molar-refractivity contribution in [2.45, 2.75) is 6.42 Å². The molecule has 1 heterocycles. The molecule has 16 heavy (non-hydrogen) atoms. The highest BCUT2D eigenvalue weighted by Gasteiger charge is 2.04.